The number of rotatable bonds is 5. The first-order valence-electron chi connectivity index (χ1n) is 10.6. The number of nitrogens with two attached hydrogens (primary N) is 1. The van der Waals surface area contributed by atoms with Crippen molar-refractivity contribution in [3.8, 4) is 17.1 Å². The number of aromatic nitrogens is 2. The minimum absolute atomic E-state index is 0.0791. The van der Waals surface area contributed by atoms with E-state index in [-0.39, 0.29) is 17.9 Å². The fourth-order valence-corrected chi connectivity index (χ4v) is 4.30. The zero-order valence-corrected chi connectivity index (χ0v) is 19.2. The van der Waals surface area contributed by atoms with Gasteiger partial charge < -0.3 is 10.6 Å². The second-order valence-electron chi connectivity index (χ2n) is 8.23. The summed E-state index contributed by atoms with van der Waals surface area (Å²) < 4.78 is 1.96. The predicted octanol–water partition coefficient (Wildman–Crippen LogP) is 5.74. The fourth-order valence-electron chi connectivity index (χ4n) is 3.96. The lowest BCUT2D eigenvalue weighted by molar-refractivity contribution is 0.0785. The molecule has 1 amide bonds. The van der Waals surface area contributed by atoms with Gasteiger partial charge in [-0.2, -0.15) is 0 Å². The van der Waals surface area contributed by atoms with E-state index in [4.69, 9.17) is 33.9 Å². The van der Waals surface area contributed by atoms with Gasteiger partial charge in [0.1, 0.15) is 5.82 Å². The van der Waals surface area contributed by atoms with E-state index in [0.717, 1.165) is 37.2 Å². The van der Waals surface area contributed by atoms with Gasteiger partial charge in [-0.15, -0.1) is 0 Å². The van der Waals surface area contributed by atoms with Crippen molar-refractivity contribution in [3.63, 3.8) is 0 Å². The summed E-state index contributed by atoms with van der Waals surface area (Å²) in [5.74, 6) is 0.623. The SMILES string of the molecule is CC(C)C(N)c1c(C(=O)N2CCCC2)nc(-c2ccccc2Cl)n1-c1ccc(Cl)cc1. The van der Waals surface area contributed by atoms with E-state index >= 15 is 0 Å². The van der Waals surface area contributed by atoms with E-state index in [0.29, 0.717) is 27.3 Å². The van der Waals surface area contributed by atoms with Crippen LogP contribution < -0.4 is 5.73 Å². The molecule has 0 saturated carbocycles. The molecule has 0 radical (unpaired) electrons. The van der Waals surface area contributed by atoms with Crippen molar-refractivity contribution in [2.45, 2.75) is 32.7 Å². The summed E-state index contributed by atoms with van der Waals surface area (Å²) in [7, 11) is 0. The summed E-state index contributed by atoms with van der Waals surface area (Å²) in [6, 6.07) is 14.6. The molecular weight excluding hydrogens is 431 g/mol. The van der Waals surface area contributed by atoms with Gasteiger partial charge in [0.15, 0.2) is 5.69 Å². The molecule has 4 rings (SSSR count). The van der Waals surface area contributed by atoms with E-state index in [1.807, 2.05) is 71.8 Å². The monoisotopic (exact) mass is 456 g/mol. The van der Waals surface area contributed by atoms with Gasteiger partial charge in [0.2, 0.25) is 0 Å². The van der Waals surface area contributed by atoms with Crippen molar-refractivity contribution >= 4 is 29.1 Å². The minimum Gasteiger partial charge on any atom is -0.337 e. The van der Waals surface area contributed by atoms with Crippen LogP contribution in [0.1, 0.15) is 48.9 Å². The molecule has 0 spiro atoms. The fraction of sp³-hybridized carbons (Fsp3) is 0.333. The Labute approximate surface area is 192 Å². The van der Waals surface area contributed by atoms with Gasteiger partial charge in [0.25, 0.3) is 5.91 Å². The van der Waals surface area contributed by atoms with Crippen molar-refractivity contribution in [2.75, 3.05) is 13.1 Å². The van der Waals surface area contributed by atoms with Gasteiger partial charge in [-0.1, -0.05) is 49.2 Å². The molecule has 1 unspecified atom stereocenters. The number of carbonyl (C=O) groups excluding carboxylic acids is 1. The highest BCUT2D eigenvalue weighted by Crippen LogP contribution is 2.36. The average molecular weight is 457 g/mol. The summed E-state index contributed by atoms with van der Waals surface area (Å²) in [5, 5.41) is 1.19. The maximum Gasteiger partial charge on any atom is 0.274 e. The second kappa shape index (κ2) is 9.03. The Kier molecular flexibility index (Phi) is 6.37. The number of hydrogen-bond acceptors (Lipinski definition) is 3. The summed E-state index contributed by atoms with van der Waals surface area (Å²) in [6.45, 7) is 5.57. The number of hydrogen-bond donors (Lipinski definition) is 1. The van der Waals surface area contributed by atoms with E-state index in [1.165, 1.54) is 0 Å². The third-order valence-corrected chi connectivity index (χ3v) is 6.32. The van der Waals surface area contributed by atoms with Crippen LogP contribution in [0.5, 0.6) is 0 Å². The van der Waals surface area contributed by atoms with Gasteiger partial charge in [0.05, 0.1) is 16.8 Å². The Morgan fingerprint density at radius 1 is 1.03 bits per heavy atom. The van der Waals surface area contributed by atoms with Crippen LogP contribution in [0.3, 0.4) is 0 Å². The third kappa shape index (κ3) is 4.22. The first kappa shape index (κ1) is 21.9. The van der Waals surface area contributed by atoms with Crippen LogP contribution in [0, 0.1) is 5.92 Å². The molecule has 2 N–H and O–H groups in total. The highest BCUT2D eigenvalue weighted by Gasteiger charge is 2.32. The van der Waals surface area contributed by atoms with Crippen LogP contribution in [-0.2, 0) is 0 Å². The molecule has 1 fully saturated rings. The lowest BCUT2D eigenvalue weighted by Crippen LogP contribution is -2.31. The smallest absolute Gasteiger partial charge is 0.274 e. The largest absolute Gasteiger partial charge is 0.337 e. The van der Waals surface area contributed by atoms with Crippen LogP contribution in [0.25, 0.3) is 17.1 Å². The van der Waals surface area contributed by atoms with Crippen molar-refractivity contribution in [2.24, 2.45) is 11.7 Å². The quantitative estimate of drug-likeness (QED) is 0.532. The molecule has 0 aliphatic carbocycles. The Morgan fingerprint density at radius 2 is 1.68 bits per heavy atom. The Morgan fingerprint density at radius 3 is 2.29 bits per heavy atom. The number of amides is 1. The van der Waals surface area contributed by atoms with Gasteiger partial charge >= 0.3 is 0 Å². The predicted molar refractivity (Wildman–Crippen MR) is 126 cm³/mol. The Hall–Kier alpha value is -2.34. The molecule has 31 heavy (non-hydrogen) atoms. The first-order chi connectivity index (χ1) is 14.9. The Balaban J connectivity index is 2.01. The van der Waals surface area contributed by atoms with Crippen LogP contribution in [-0.4, -0.2) is 33.4 Å². The molecular formula is C24H26Cl2N4O. The second-order valence-corrected chi connectivity index (χ2v) is 9.07. The molecule has 2 heterocycles. The van der Waals surface area contributed by atoms with E-state index in [2.05, 4.69) is 0 Å². The third-order valence-electron chi connectivity index (χ3n) is 5.74. The highest BCUT2D eigenvalue weighted by atomic mass is 35.5. The summed E-state index contributed by atoms with van der Waals surface area (Å²) in [6.07, 6.45) is 2.01. The Bertz CT molecular complexity index is 1090. The molecule has 1 aliphatic heterocycles. The van der Waals surface area contributed by atoms with Crippen LogP contribution in [0.2, 0.25) is 10.0 Å². The topological polar surface area (TPSA) is 64.2 Å². The molecule has 1 aliphatic rings. The van der Waals surface area contributed by atoms with Gasteiger partial charge in [-0.05, 0) is 55.2 Å². The molecule has 1 saturated heterocycles. The van der Waals surface area contributed by atoms with Crippen molar-refractivity contribution in [3.05, 3.63) is 70.0 Å². The van der Waals surface area contributed by atoms with Crippen LogP contribution in [0.4, 0.5) is 0 Å². The molecule has 7 heteroatoms. The van der Waals surface area contributed by atoms with Crippen molar-refractivity contribution in [1.29, 1.82) is 0 Å². The van der Waals surface area contributed by atoms with Gasteiger partial charge in [0, 0.05) is 29.4 Å². The molecule has 2 aromatic carbocycles. The van der Waals surface area contributed by atoms with Crippen LogP contribution in [0.15, 0.2) is 48.5 Å². The summed E-state index contributed by atoms with van der Waals surface area (Å²) in [5.41, 5.74) is 9.36. The number of carbonyl (C=O) groups is 1. The number of nitrogens with zero attached hydrogens (tertiary/aromatic N) is 3. The molecule has 1 aromatic heterocycles. The maximum absolute atomic E-state index is 13.5. The molecule has 5 nitrogen and oxygen atoms in total. The molecule has 3 aromatic rings. The zero-order chi connectivity index (χ0) is 22.1. The molecule has 1 atom stereocenters. The van der Waals surface area contributed by atoms with E-state index in [1.54, 1.807) is 0 Å². The summed E-state index contributed by atoms with van der Waals surface area (Å²) in [4.78, 5) is 20.2. The number of benzene rings is 2. The van der Waals surface area contributed by atoms with Crippen molar-refractivity contribution < 1.29 is 4.79 Å². The van der Waals surface area contributed by atoms with Crippen LogP contribution >= 0.6 is 23.2 Å². The lowest BCUT2D eigenvalue weighted by Gasteiger charge is -2.22. The normalized spacial score (nSPS) is 15.0. The number of halogens is 2. The van der Waals surface area contributed by atoms with E-state index < -0.39 is 0 Å². The average Bonchev–Trinajstić information content (AvgIpc) is 3.42. The minimum atomic E-state index is -0.388. The maximum atomic E-state index is 13.5. The van der Waals surface area contributed by atoms with E-state index in [9.17, 15) is 4.79 Å². The molecule has 162 valence electrons. The first-order valence-corrected chi connectivity index (χ1v) is 11.3. The number of imidazole rings is 1. The molecule has 0 bridgehead atoms. The number of likely N-dealkylation sites (tertiary alicyclic amines) is 1. The zero-order valence-electron chi connectivity index (χ0n) is 17.7. The van der Waals surface area contributed by atoms with Gasteiger partial charge in [-0.3, -0.25) is 9.36 Å². The highest BCUT2D eigenvalue weighted by molar-refractivity contribution is 6.33. The standard InChI is InChI=1S/C24H26Cl2N4O/c1-15(2)20(27)22-21(24(31)29-13-5-6-14-29)28-23(18-7-3-4-8-19(18)26)30(22)17-11-9-16(25)10-12-17/h3-4,7-12,15,20H,5-6,13-14,27H2,1-2H3. The summed E-state index contributed by atoms with van der Waals surface area (Å²) >= 11 is 12.7. The van der Waals surface area contributed by atoms with Crippen molar-refractivity contribution in [1.82, 2.24) is 14.5 Å². The van der Waals surface area contributed by atoms with Gasteiger partial charge in [-0.25, -0.2) is 4.98 Å². The lowest BCUT2D eigenvalue weighted by atomic mass is 9.99.